The summed E-state index contributed by atoms with van der Waals surface area (Å²) in [6.07, 6.45) is 2.30. The van der Waals surface area contributed by atoms with Gasteiger partial charge in [0.15, 0.2) is 0 Å². The number of nitrogens with zero attached hydrogens (tertiary/aromatic N) is 1. The van der Waals surface area contributed by atoms with Crippen LogP contribution in [0.5, 0.6) is 0 Å². The Morgan fingerprint density at radius 3 is 3.12 bits per heavy atom. The fraction of sp³-hybridized carbons (Fsp3) is 0.667. The highest BCUT2D eigenvalue weighted by Crippen LogP contribution is 2.13. The minimum absolute atomic E-state index is 0.182. The Kier molecular flexibility index (Phi) is 3.78. The normalized spacial score (nSPS) is 19.8. The third-order valence-corrected chi connectivity index (χ3v) is 3.02. The second-order valence-electron chi connectivity index (χ2n) is 4.77. The van der Waals surface area contributed by atoms with Crippen molar-refractivity contribution >= 4 is 5.91 Å². The van der Waals surface area contributed by atoms with Gasteiger partial charge in [-0.1, -0.05) is 19.0 Å². The van der Waals surface area contributed by atoms with Crippen LogP contribution < -0.4 is 10.6 Å². The zero-order chi connectivity index (χ0) is 12.3. The molecule has 5 heteroatoms. The number of aromatic nitrogens is 1. The van der Waals surface area contributed by atoms with Gasteiger partial charge < -0.3 is 15.2 Å². The van der Waals surface area contributed by atoms with Crippen LogP contribution in [0, 0.1) is 0 Å². The van der Waals surface area contributed by atoms with Crippen LogP contribution in [0.1, 0.15) is 48.9 Å². The Morgan fingerprint density at radius 1 is 1.71 bits per heavy atom. The van der Waals surface area contributed by atoms with Gasteiger partial charge in [0.1, 0.15) is 0 Å². The van der Waals surface area contributed by atoms with Crippen molar-refractivity contribution in [1.82, 2.24) is 15.8 Å². The molecule has 1 fully saturated rings. The second-order valence-corrected chi connectivity index (χ2v) is 4.77. The van der Waals surface area contributed by atoms with Gasteiger partial charge in [-0.05, 0) is 25.3 Å². The average Bonchev–Trinajstić information content (AvgIpc) is 2.96. The highest BCUT2D eigenvalue weighted by molar-refractivity contribution is 5.91. The van der Waals surface area contributed by atoms with E-state index in [0.29, 0.717) is 18.3 Å². The van der Waals surface area contributed by atoms with Crippen LogP contribution in [0.2, 0.25) is 0 Å². The molecule has 2 heterocycles. The first kappa shape index (κ1) is 12.1. The lowest BCUT2D eigenvalue weighted by molar-refractivity contribution is 0.0913. The van der Waals surface area contributed by atoms with E-state index in [2.05, 4.69) is 15.8 Å². The first-order valence-electron chi connectivity index (χ1n) is 6.15. The van der Waals surface area contributed by atoms with Gasteiger partial charge in [0.05, 0.1) is 5.69 Å². The van der Waals surface area contributed by atoms with Crippen molar-refractivity contribution in [3.8, 4) is 0 Å². The standard InChI is InChI=1S/C12H19N3O2/c1-8(2)10-6-11(17-15-10)12(16)14-7-9-4-3-5-13-9/h6,8-9,13H,3-5,7H2,1-2H3,(H,14,16). The van der Waals surface area contributed by atoms with E-state index < -0.39 is 0 Å². The van der Waals surface area contributed by atoms with Gasteiger partial charge in [-0.2, -0.15) is 0 Å². The summed E-state index contributed by atoms with van der Waals surface area (Å²) < 4.78 is 5.02. The number of hydrogen-bond acceptors (Lipinski definition) is 4. The van der Waals surface area contributed by atoms with Gasteiger partial charge in [-0.3, -0.25) is 4.79 Å². The molecule has 5 nitrogen and oxygen atoms in total. The number of hydrogen-bond donors (Lipinski definition) is 2. The molecule has 1 aromatic rings. The molecule has 0 aliphatic carbocycles. The smallest absolute Gasteiger partial charge is 0.289 e. The molecule has 1 aliphatic rings. The van der Waals surface area contributed by atoms with Crippen molar-refractivity contribution in [1.29, 1.82) is 0 Å². The zero-order valence-electron chi connectivity index (χ0n) is 10.3. The van der Waals surface area contributed by atoms with Crippen molar-refractivity contribution < 1.29 is 9.32 Å². The number of carbonyl (C=O) groups excluding carboxylic acids is 1. The van der Waals surface area contributed by atoms with E-state index in [-0.39, 0.29) is 11.8 Å². The molecule has 0 saturated carbocycles. The molecule has 94 valence electrons. The maximum absolute atomic E-state index is 11.8. The highest BCUT2D eigenvalue weighted by atomic mass is 16.5. The molecule has 0 bridgehead atoms. The molecular formula is C12H19N3O2. The lowest BCUT2D eigenvalue weighted by Gasteiger charge is -2.09. The van der Waals surface area contributed by atoms with E-state index >= 15 is 0 Å². The van der Waals surface area contributed by atoms with Crippen LogP contribution in [0.25, 0.3) is 0 Å². The Labute approximate surface area is 101 Å². The van der Waals surface area contributed by atoms with Gasteiger partial charge in [0, 0.05) is 18.7 Å². The molecule has 1 aliphatic heterocycles. The van der Waals surface area contributed by atoms with Gasteiger partial charge in [-0.15, -0.1) is 0 Å². The predicted octanol–water partition coefficient (Wildman–Crippen LogP) is 1.28. The molecule has 17 heavy (non-hydrogen) atoms. The van der Waals surface area contributed by atoms with E-state index in [1.165, 1.54) is 6.42 Å². The van der Waals surface area contributed by atoms with Crippen LogP contribution >= 0.6 is 0 Å². The molecule has 1 amide bonds. The quantitative estimate of drug-likeness (QED) is 0.827. The molecule has 1 atom stereocenters. The van der Waals surface area contributed by atoms with E-state index in [4.69, 9.17) is 4.52 Å². The number of carbonyl (C=O) groups is 1. The van der Waals surface area contributed by atoms with Crippen molar-refractivity contribution in [3.63, 3.8) is 0 Å². The van der Waals surface area contributed by atoms with E-state index in [9.17, 15) is 4.79 Å². The average molecular weight is 237 g/mol. The second kappa shape index (κ2) is 5.31. The summed E-state index contributed by atoms with van der Waals surface area (Å²) in [7, 11) is 0. The maximum Gasteiger partial charge on any atom is 0.289 e. The summed E-state index contributed by atoms with van der Waals surface area (Å²) >= 11 is 0. The molecular weight excluding hydrogens is 218 g/mol. The SMILES string of the molecule is CC(C)c1cc(C(=O)NCC2CCCN2)on1. The molecule has 2 rings (SSSR count). The predicted molar refractivity (Wildman–Crippen MR) is 63.9 cm³/mol. The third-order valence-electron chi connectivity index (χ3n) is 3.02. The lowest BCUT2D eigenvalue weighted by atomic mass is 10.1. The minimum atomic E-state index is -0.182. The topological polar surface area (TPSA) is 67.2 Å². The van der Waals surface area contributed by atoms with Gasteiger partial charge in [0.25, 0.3) is 5.91 Å². The highest BCUT2D eigenvalue weighted by Gasteiger charge is 2.18. The van der Waals surface area contributed by atoms with Crippen LogP contribution in [-0.4, -0.2) is 30.2 Å². The van der Waals surface area contributed by atoms with Crippen LogP contribution in [0.3, 0.4) is 0 Å². The Bertz CT molecular complexity index is 381. The molecule has 1 unspecified atom stereocenters. The fourth-order valence-electron chi connectivity index (χ4n) is 1.90. The van der Waals surface area contributed by atoms with Crippen molar-refractivity contribution in [2.45, 2.75) is 38.6 Å². The Morgan fingerprint density at radius 2 is 2.53 bits per heavy atom. The summed E-state index contributed by atoms with van der Waals surface area (Å²) in [5.41, 5.74) is 0.814. The van der Waals surface area contributed by atoms with Crippen LogP contribution in [-0.2, 0) is 0 Å². The number of nitrogens with one attached hydrogen (secondary N) is 2. The Hall–Kier alpha value is -1.36. The van der Waals surface area contributed by atoms with Gasteiger partial charge >= 0.3 is 0 Å². The monoisotopic (exact) mass is 237 g/mol. The van der Waals surface area contributed by atoms with Crippen LogP contribution in [0.15, 0.2) is 10.6 Å². The number of rotatable bonds is 4. The first-order valence-corrected chi connectivity index (χ1v) is 6.15. The minimum Gasteiger partial charge on any atom is -0.351 e. The summed E-state index contributed by atoms with van der Waals surface area (Å²) in [6, 6.07) is 2.11. The summed E-state index contributed by atoms with van der Waals surface area (Å²) in [4.78, 5) is 11.8. The van der Waals surface area contributed by atoms with E-state index in [1.807, 2.05) is 13.8 Å². The van der Waals surface area contributed by atoms with Gasteiger partial charge in [-0.25, -0.2) is 0 Å². The fourth-order valence-corrected chi connectivity index (χ4v) is 1.90. The maximum atomic E-state index is 11.8. The molecule has 1 saturated heterocycles. The molecule has 2 N–H and O–H groups in total. The summed E-state index contributed by atoms with van der Waals surface area (Å²) in [5, 5.41) is 10.0. The van der Waals surface area contributed by atoms with Crippen molar-refractivity contribution in [2.24, 2.45) is 0 Å². The third kappa shape index (κ3) is 3.06. The Balaban J connectivity index is 1.85. The number of amides is 1. The molecule has 0 spiro atoms. The van der Waals surface area contributed by atoms with E-state index in [1.54, 1.807) is 6.07 Å². The van der Waals surface area contributed by atoms with Crippen LogP contribution in [0.4, 0.5) is 0 Å². The lowest BCUT2D eigenvalue weighted by Crippen LogP contribution is -2.37. The largest absolute Gasteiger partial charge is 0.351 e. The zero-order valence-corrected chi connectivity index (χ0v) is 10.3. The first-order chi connectivity index (χ1) is 8.16. The molecule has 0 aromatic carbocycles. The molecule has 1 aromatic heterocycles. The summed E-state index contributed by atoms with van der Waals surface area (Å²) in [6.45, 7) is 5.72. The summed E-state index contributed by atoms with van der Waals surface area (Å²) in [5.74, 6) is 0.390. The van der Waals surface area contributed by atoms with E-state index in [0.717, 1.165) is 18.7 Å². The van der Waals surface area contributed by atoms with Gasteiger partial charge in [0.2, 0.25) is 5.76 Å². The van der Waals surface area contributed by atoms with Crippen molar-refractivity contribution in [2.75, 3.05) is 13.1 Å². The van der Waals surface area contributed by atoms with Crippen molar-refractivity contribution in [3.05, 3.63) is 17.5 Å². The molecule has 0 radical (unpaired) electrons.